The van der Waals surface area contributed by atoms with Crippen LogP contribution in [-0.2, 0) is 4.79 Å². The van der Waals surface area contributed by atoms with Gasteiger partial charge in [0.05, 0.1) is 4.99 Å². The van der Waals surface area contributed by atoms with Crippen molar-refractivity contribution in [2.45, 2.75) is 6.42 Å². The normalized spacial score (nSPS) is 8.00. The molecule has 0 saturated heterocycles. The number of thiocarbonyl (C=S) groups is 1. The van der Waals surface area contributed by atoms with E-state index in [4.69, 9.17) is 5.73 Å². The van der Waals surface area contributed by atoms with Crippen molar-refractivity contribution in [1.29, 1.82) is 0 Å². The first kappa shape index (κ1) is 7.36. The van der Waals surface area contributed by atoms with Crippen LogP contribution in [0.2, 0.25) is 0 Å². The Balaban J connectivity index is 2.93. The Hall–Kier alpha value is -0.640. The number of hydrogen-bond acceptors (Lipinski definition) is 2. The summed E-state index contributed by atoms with van der Waals surface area (Å²) >= 11 is 4.53. The minimum absolute atomic E-state index is 0.430. The Morgan fingerprint density at radius 3 is 2.88 bits per heavy atom. The van der Waals surface area contributed by atoms with Crippen LogP contribution in [0.1, 0.15) is 6.42 Å². The maximum atomic E-state index is 9.59. The van der Waals surface area contributed by atoms with E-state index in [9.17, 15) is 4.79 Å². The molecule has 8 heavy (non-hydrogen) atoms. The number of carbonyl (C=O) groups is 1. The van der Waals surface area contributed by atoms with E-state index >= 15 is 0 Å². The molecule has 0 aliphatic carbocycles. The van der Waals surface area contributed by atoms with Gasteiger partial charge >= 0.3 is 0 Å². The fourth-order valence-electron chi connectivity index (χ4n) is 0.254. The molecule has 0 unspecified atom stereocenters. The third-order valence-electron chi connectivity index (χ3n) is 0.599. The summed E-state index contributed by atoms with van der Waals surface area (Å²) < 4.78 is 0. The maximum Gasteiger partial charge on any atom is 0.207 e. The second-order valence-electron chi connectivity index (χ2n) is 1.29. The van der Waals surface area contributed by atoms with E-state index < -0.39 is 0 Å². The first-order valence-corrected chi connectivity index (χ1v) is 2.63. The van der Waals surface area contributed by atoms with Crippen molar-refractivity contribution in [3.8, 4) is 0 Å². The van der Waals surface area contributed by atoms with E-state index in [0.29, 0.717) is 24.4 Å². The van der Waals surface area contributed by atoms with Gasteiger partial charge in [-0.3, -0.25) is 4.79 Å². The molecular formula is C4H8N2OS. The molecule has 0 bridgehead atoms. The molecule has 3 N–H and O–H groups in total. The van der Waals surface area contributed by atoms with E-state index in [1.54, 1.807) is 0 Å². The first-order valence-electron chi connectivity index (χ1n) is 2.22. The molecular weight excluding hydrogens is 124 g/mol. The van der Waals surface area contributed by atoms with Gasteiger partial charge in [-0.2, -0.15) is 0 Å². The van der Waals surface area contributed by atoms with Crippen molar-refractivity contribution in [2.75, 3.05) is 6.54 Å². The van der Waals surface area contributed by atoms with Gasteiger partial charge in [0.2, 0.25) is 6.41 Å². The Morgan fingerprint density at radius 2 is 2.50 bits per heavy atom. The van der Waals surface area contributed by atoms with Crippen LogP contribution in [0.5, 0.6) is 0 Å². The van der Waals surface area contributed by atoms with E-state index in [-0.39, 0.29) is 0 Å². The highest BCUT2D eigenvalue weighted by Crippen LogP contribution is 1.72. The molecule has 0 aliphatic rings. The minimum Gasteiger partial charge on any atom is -0.393 e. The summed E-state index contributed by atoms with van der Waals surface area (Å²) in [6.45, 7) is 0.541. The molecule has 0 rings (SSSR count). The van der Waals surface area contributed by atoms with E-state index in [2.05, 4.69) is 17.5 Å². The standard InChI is InChI=1S/C4H8N2OS/c5-4(8)1-2-6-3-7/h3H,1-2H2,(H2,5,8)(H,6,7). The lowest BCUT2D eigenvalue weighted by Crippen LogP contribution is -2.19. The first-order chi connectivity index (χ1) is 3.77. The van der Waals surface area contributed by atoms with Crippen LogP contribution in [0, 0.1) is 0 Å². The zero-order valence-corrected chi connectivity index (χ0v) is 5.20. The highest BCUT2D eigenvalue weighted by atomic mass is 32.1. The van der Waals surface area contributed by atoms with Gasteiger partial charge < -0.3 is 11.1 Å². The average molecular weight is 132 g/mol. The Labute approximate surface area is 53.2 Å². The second kappa shape index (κ2) is 4.52. The van der Waals surface area contributed by atoms with Gasteiger partial charge in [-0.15, -0.1) is 0 Å². The van der Waals surface area contributed by atoms with Crippen LogP contribution in [0.3, 0.4) is 0 Å². The molecule has 0 heterocycles. The molecule has 0 aromatic rings. The molecule has 0 saturated carbocycles. The number of amides is 1. The summed E-state index contributed by atoms with van der Waals surface area (Å²) in [4.78, 5) is 10.0. The third-order valence-corrected chi connectivity index (χ3v) is 0.803. The molecule has 0 radical (unpaired) electrons. The fraction of sp³-hybridized carbons (Fsp3) is 0.500. The summed E-state index contributed by atoms with van der Waals surface area (Å²) in [7, 11) is 0. The van der Waals surface area contributed by atoms with Crippen molar-refractivity contribution >= 4 is 23.6 Å². The molecule has 0 fully saturated rings. The molecule has 0 spiro atoms. The van der Waals surface area contributed by atoms with Crippen molar-refractivity contribution in [3.05, 3.63) is 0 Å². The van der Waals surface area contributed by atoms with Gasteiger partial charge in [0.15, 0.2) is 0 Å². The predicted molar refractivity (Wildman–Crippen MR) is 35.5 cm³/mol. The lowest BCUT2D eigenvalue weighted by molar-refractivity contribution is -0.109. The van der Waals surface area contributed by atoms with E-state index in [0.717, 1.165) is 0 Å². The SMILES string of the molecule is NC(=S)CCNC=O. The van der Waals surface area contributed by atoms with E-state index in [1.165, 1.54) is 0 Å². The lowest BCUT2D eigenvalue weighted by atomic mass is 10.4. The Kier molecular flexibility index (Phi) is 4.16. The van der Waals surface area contributed by atoms with Gasteiger partial charge in [0.1, 0.15) is 0 Å². The van der Waals surface area contributed by atoms with Crippen molar-refractivity contribution in [1.82, 2.24) is 5.32 Å². The average Bonchev–Trinajstić information content (AvgIpc) is 1.66. The number of nitrogens with two attached hydrogens (primary N) is 1. The van der Waals surface area contributed by atoms with Gasteiger partial charge in [-0.25, -0.2) is 0 Å². The summed E-state index contributed by atoms with van der Waals surface area (Å²) in [5.41, 5.74) is 5.11. The van der Waals surface area contributed by atoms with Crippen molar-refractivity contribution in [2.24, 2.45) is 5.73 Å². The highest BCUT2D eigenvalue weighted by molar-refractivity contribution is 7.80. The van der Waals surface area contributed by atoms with Crippen LogP contribution < -0.4 is 11.1 Å². The molecule has 46 valence electrons. The number of nitrogens with one attached hydrogen (secondary N) is 1. The summed E-state index contributed by atoms with van der Waals surface area (Å²) in [6, 6.07) is 0. The van der Waals surface area contributed by atoms with Crippen molar-refractivity contribution < 1.29 is 4.79 Å². The number of rotatable bonds is 4. The second-order valence-corrected chi connectivity index (χ2v) is 1.81. The van der Waals surface area contributed by atoms with Gasteiger partial charge in [0, 0.05) is 13.0 Å². The van der Waals surface area contributed by atoms with Crippen LogP contribution in [-0.4, -0.2) is 17.9 Å². The van der Waals surface area contributed by atoms with Crippen molar-refractivity contribution in [3.63, 3.8) is 0 Å². The molecule has 0 atom stereocenters. The quantitative estimate of drug-likeness (QED) is 0.305. The fourth-order valence-corrected chi connectivity index (χ4v) is 0.356. The van der Waals surface area contributed by atoms with Gasteiger partial charge in [-0.05, 0) is 0 Å². The molecule has 3 nitrogen and oxygen atoms in total. The van der Waals surface area contributed by atoms with Crippen LogP contribution in [0.4, 0.5) is 0 Å². The molecule has 4 heteroatoms. The van der Waals surface area contributed by atoms with Crippen LogP contribution in [0.15, 0.2) is 0 Å². The third kappa shape index (κ3) is 5.36. The smallest absolute Gasteiger partial charge is 0.207 e. The van der Waals surface area contributed by atoms with Gasteiger partial charge in [0.25, 0.3) is 0 Å². The molecule has 0 aromatic carbocycles. The molecule has 1 amide bonds. The molecule has 0 aliphatic heterocycles. The van der Waals surface area contributed by atoms with Crippen LogP contribution in [0.25, 0.3) is 0 Å². The Morgan fingerprint density at radius 1 is 1.88 bits per heavy atom. The molecule has 0 aromatic heterocycles. The zero-order valence-electron chi connectivity index (χ0n) is 4.39. The van der Waals surface area contributed by atoms with Gasteiger partial charge in [-0.1, -0.05) is 12.2 Å². The number of hydrogen-bond donors (Lipinski definition) is 2. The van der Waals surface area contributed by atoms with Crippen LogP contribution >= 0.6 is 12.2 Å². The maximum absolute atomic E-state index is 9.59. The summed E-state index contributed by atoms with van der Waals surface area (Å²) in [6.07, 6.45) is 1.20. The Bertz CT molecular complexity index is 94.0. The highest BCUT2D eigenvalue weighted by Gasteiger charge is 1.84. The summed E-state index contributed by atoms with van der Waals surface area (Å²) in [5, 5.41) is 2.43. The predicted octanol–water partition coefficient (Wildman–Crippen LogP) is -0.591. The topological polar surface area (TPSA) is 55.1 Å². The largest absolute Gasteiger partial charge is 0.393 e. The monoisotopic (exact) mass is 132 g/mol. The van der Waals surface area contributed by atoms with E-state index in [1.807, 2.05) is 0 Å². The number of carbonyl (C=O) groups excluding carboxylic acids is 1. The minimum atomic E-state index is 0.430. The summed E-state index contributed by atoms with van der Waals surface area (Å²) in [5.74, 6) is 0. The zero-order chi connectivity index (χ0) is 6.41. The lowest BCUT2D eigenvalue weighted by Gasteiger charge is -1.93.